The van der Waals surface area contributed by atoms with E-state index in [9.17, 15) is 14.3 Å². The zero-order valence-corrected chi connectivity index (χ0v) is 25.0. The van der Waals surface area contributed by atoms with Crippen LogP contribution in [0.15, 0.2) is 66.7 Å². The number of aliphatic hydroxyl groups excluding tert-OH is 1. The average molecular weight is 576 g/mol. The predicted octanol–water partition coefficient (Wildman–Crippen LogP) is 5.28. The van der Waals surface area contributed by atoms with E-state index in [0.29, 0.717) is 32.2 Å². The number of piperidine rings is 1. The molecular weight excluding hydrogens is 531 g/mol. The van der Waals surface area contributed by atoms with Gasteiger partial charge in [-0.15, -0.1) is 0 Å². The van der Waals surface area contributed by atoms with Gasteiger partial charge in [-0.3, -0.25) is 0 Å². The molecule has 0 saturated carbocycles. The second-order valence-electron chi connectivity index (χ2n) is 12.0. The number of carbonyl (C=O) groups is 1. The van der Waals surface area contributed by atoms with Crippen LogP contribution in [0.2, 0.25) is 0 Å². The lowest BCUT2D eigenvalue weighted by Gasteiger charge is -2.33. The van der Waals surface area contributed by atoms with Gasteiger partial charge >= 0.3 is 6.03 Å². The third-order valence-corrected chi connectivity index (χ3v) is 7.43. The van der Waals surface area contributed by atoms with Crippen LogP contribution in [0.3, 0.4) is 0 Å². The monoisotopic (exact) mass is 575 g/mol. The number of urea groups is 1. The maximum absolute atomic E-state index is 13.1. The van der Waals surface area contributed by atoms with Crippen molar-refractivity contribution in [2.75, 3.05) is 38.1 Å². The summed E-state index contributed by atoms with van der Waals surface area (Å²) < 4.78 is 19.0. The fraction of sp³-hybridized carbons (Fsp3) is 0.441. The van der Waals surface area contributed by atoms with Crippen LogP contribution >= 0.6 is 0 Å². The third kappa shape index (κ3) is 9.74. The molecule has 1 fully saturated rings. The summed E-state index contributed by atoms with van der Waals surface area (Å²) in [5, 5.41) is 20.2. The molecule has 1 heterocycles. The van der Waals surface area contributed by atoms with Gasteiger partial charge in [0.1, 0.15) is 24.3 Å². The molecule has 42 heavy (non-hydrogen) atoms. The maximum Gasteiger partial charge on any atom is 0.317 e. The van der Waals surface area contributed by atoms with Crippen molar-refractivity contribution in [2.45, 2.75) is 64.1 Å². The number of anilines is 1. The van der Waals surface area contributed by atoms with E-state index in [-0.39, 0.29) is 23.9 Å². The lowest BCUT2D eigenvalue weighted by atomic mass is 9.86. The summed E-state index contributed by atoms with van der Waals surface area (Å²) in [6, 6.07) is 23.8. The molecule has 3 aromatic rings. The Bertz CT molecular complexity index is 1250. The number of benzene rings is 3. The van der Waals surface area contributed by atoms with E-state index in [4.69, 9.17) is 4.74 Å². The summed E-state index contributed by atoms with van der Waals surface area (Å²) in [5.41, 5.74) is 4.11. The zero-order valence-electron chi connectivity index (χ0n) is 25.0. The van der Waals surface area contributed by atoms with Crippen LogP contribution in [-0.2, 0) is 18.4 Å². The molecule has 1 aliphatic rings. The number of nitrogens with one attached hydrogen (secondary N) is 3. The first kappa shape index (κ1) is 31.3. The minimum atomic E-state index is -0.600. The average Bonchev–Trinajstić information content (AvgIpc) is 2.98. The molecule has 8 heteroatoms. The number of halogens is 1. The molecule has 4 rings (SSSR count). The van der Waals surface area contributed by atoms with E-state index in [1.54, 1.807) is 12.1 Å². The fourth-order valence-corrected chi connectivity index (χ4v) is 5.00. The minimum Gasteiger partial charge on any atom is -0.491 e. The molecule has 1 saturated heterocycles. The quantitative estimate of drug-likeness (QED) is 0.221. The Hall–Kier alpha value is -3.62. The Morgan fingerprint density at radius 1 is 1.07 bits per heavy atom. The number of hydrogen-bond donors (Lipinski definition) is 4. The van der Waals surface area contributed by atoms with Crippen molar-refractivity contribution in [1.29, 1.82) is 0 Å². The molecule has 0 aromatic heterocycles. The highest BCUT2D eigenvalue weighted by atomic mass is 19.1. The summed E-state index contributed by atoms with van der Waals surface area (Å²) in [5.74, 6) is 0.491. The highest BCUT2D eigenvalue weighted by molar-refractivity contribution is 5.74. The predicted molar refractivity (Wildman–Crippen MR) is 165 cm³/mol. The van der Waals surface area contributed by atoms with E-state index in [1.807, 2.05) is 23.1 Å². The van der Waals surface area contributed by atoms with Gasteiger partial charge in [-0.25, -0.2) is 9.18 Å². The van der Waals surface area contributed by atoms with Crippen molar-refractivity contribution < 1.29 is 19.0 Å². The van der Waals surface area contributed by atoms with E-state index in [2.05, 4.69) is 67.1 Å². The first-order valence-corrected chi connectivity index (χ1v) is 14.8. The van der Waals surface area contributed by atoms with Gasteiger partial charge < -0.3 is 30.7 Å². The number of amides is 2. The van der Waals surface area contributed by atoms with Crippen molar-refractivity contribution in [3.05, 3.63) is 95.3 Å². The van der Waals surface area contributed by atoms with Crippen LogP contribution in [-0.4, -0.2) is 61.0 Å². The molecule has 4 N–H and O–H groups in total. The van der Waals surface area contributed by atoms with Gasteiger partial charge in [-0.2, -0.15) is 0 Å². The van der Waals surface area contributed by atoms with Crippen molar-refractivity contribution in [3.63, 3.8) is 0 Å². The van der Waals surface area contributed by atoms with E-state index >= 15 is 0 Å². The molecule has 2 amide bonds. The van der Waals surface area contributed by atoms with Crippen molar-refractivity contribution in [1.82, 2.24) is 15.5 Å². The zero-order chi connectivity index (χ0) is 30.0. The largest absolute Gasteiger partial charge is 0.491 e. The Kier molecular flexibility index (Phi) is 11.2. The van der Waals surface area contributed by atoms with E-state index < -0.39 is 6.10 Å². The van der Waals surface area contributed by atoms with Crippen LogP contribution < -0.4 is 20.7 Å². The summed E-state index contributed by atoms with van der Waals surface area (Å²) in [6.07, 6.45) is 2.02. The van der Waals surface area contributed by atoms with Gasteiger partial charge in [0.15, 0.2) is 0 Å². The standard InChI is InChI=1S/C34H44FN4O3/c1-34(2,3)31-6-4-5-7-32(31)42-24-30(40)23-36-19-16-25-10-14-28(15-11-25)38-29-17-20-39(21-18-29)33(41)37-22-26-8-12-27(35)13-9-26/h4-5,7-15,29-30,36,38,40H,16-24H2,1-3H3,(H,37,41)/t30-/m0/s1. The van der Waals surface area contributed by atoms with E-state index in [1.165, 1.54) is 17.7 Å². The smallest absolute Gasteiger partial charge is 0.317 e. The molecule has 1 atom stereocenters. The van der Waals surface area contributed by atoms with Gasteiger partial charge in [0.2, 0.25) is 0 Å². The van der Waals surface area contributed by atoms with Crippen LogP contribution in [0.1, 0.15) is 50.3 Å². The van der Waals surface area contributed by atoms with Gasteiger partial charge in [-0.1, -0.05) is 57.2 Å². The summed E-state index contributed by atoms with van der Waals surface area (Å²) in [4.78, 5) is 14.4. The molecule has 0 unspecified atom stereocenters. The number of ether oxygens (including phenoxy) is 1. The molecule has 3 aromatic carbocycles. The number of hydrogen-bond acceptors (Lipinski definition) is 5. The van der Waals surface area contributed by atoms with Crippen molar-refractivity contribution in [3.8, 4) is 5.75 Å². The SMILES string of the molecule is CC(C)(C)c1[c]cccc1OC[C@@H](O)CNCCc1ccc(NC2CCN(C(=O)NCc3ccc(F)cc3)CC2)cc1. The molecule has 225 valence electrons. The lowest BCUT2D eigenvalue weighted by Crippen LogP contribution is -2.46. The Morgan fingerprint density at radius 3 is 2.45 bits per heavy atom. The van der Waals surface area contributed by atoms with Crippen molar-refractivity contribution in [2.24, 2.45) is 0 Å². The summed E-state index contributed by atoms with van der Waals surface area (Å²) in [7, 11) is 0. The number of carbonyl (C=O) groups excluding carboxylic acids is 1. The molecule has 0 aliphatic carbocycles. The number of likely N-dealkylation sites (tertiary alicyclic amines) is 1. The first-order valence-electron chi connectivity index (χ1n) is 14.8. The van der Waals surface area contributed by atoms with E-state index in [0.717, 1.165) is 48.4 Å². The van der Waals surface area contributed by atoms with Crippen LogP contribution in [0.5, 0.6) is 5.75 Å². The Balaban J connectivity index is 1.10. The highest BCUT2D eigenvalue weighted by Gasteiger charge is 2.23. The number of nitrogens with zero attached hydrogens (tertiary/aromatic N) is 1. The second kappa shape index (κ2) is 15.0. The number of aliphatic hydroxyl groups is 1. The minimum absolute atomic E-state index is 0.0749. The fourth-order valence-electron chi connectivity index (χ4n) is 5.00. The molecule has 7 nitrogen and oxygen atoms in total. The van der Waals surface area contributed by atoms with Gasteiger partial charge in [0.05, 0.1) is 0 Å². The summed E-state index contributed by atoms with van der Waals surface area (Å²) in [6.45, 7) is 9.59. The Morgan fingerprint density at radius 2 is 1.76 bits per heavy atom. The van der Waals surface area contributed by atoms with Gasteiger partial charge in [0.25, 0.3) is 0 Å². The first-order chi connectivity index (χ1) is 20.2. The van der Waals surface area contributed by atoms with Gasteiger partial charge in [-0.05, 0) is 78.7 Å². The molecule has 1 radical (unpaired) electrons. The highest BCUT2D eigenvalue weighted by Crippen LogP contribution is 2.30. The third-order valence-electron chi connectivity index (χ3n) is 7.43. The molecular formula is C34H44FN4O3. The number of rotatable bonds is 12. The molecule has 0 bridgehead atoms. The summed E-state index contributed by atoms with van der Waals surface area (Å²) >= 11 is 0. The van der Waals surface area contributed by atoms with Gasteiger partial charge in [0, 0.05) is 43.5 Å². The Labute approximate surface area is 249 Å². The second-order valence-corrected chi connectivity index (χ2v) is 12.0. The molecule has 1 aliphatic heterocycles. The van der Waals surface area contributed by atoms with Crippen molar-refractivity contribution >= 4 is 11.7 Å². The normalized spacial score (nSPS) is 14.8. The van der Waals surface area contributed by atoms with Crippen LogP contribution in [0.25, 0.3) is 0 Å². The van der Waals surface area contributed by atoms with Crippen LogP contribution in [0, 0.1) is 11.9 Å². The lowest BCUT2D eigenvalue weighted by molar-refractivity contribution is 0.105. The maximum atomic E-state index is 13.1. The van der Waals surface area contributed by atoms with Crippen LogP contribution in [0.4, 0.5) is 14.9 Å². The molecule has 0 spiro atoms. The topological polar surface area (TPSA) is 85.9 Å².